The van der Waals surface area contributed by atoms with E-state index < -0.39 is 0 Å². The van der Waals surface area contributed by atoms with Crippen molar-refractivity contribution in [2.45, 2.75) is 13.5 Å². The molecule has 5 nitrogen and oxygen atoms in total. The molecule has 1 heterocycles. The van der Waals surface area contributed by atoms with Crippen molar-refractivity contribution in [1.82, 2.24) is 10.2 Å². The smallest absolute Gasteiger partial charge is 0.287 e. The lowest BCUT2D eigenvalue weighted by Gasteiger charge is -2.21. The van der Waals surface area contributed by atoms with Crippen LogP contribution in [-0.2, 0) is 11.3 Å². The van der Waals surface area contributed by atoms with Crippen molar-refractivity contribution in [2.75, 3.05) is 13.1 Å². The second-order valence-corrected chi connectivity index (χ2v) is 5.17. The number of nitrogens with zero attached hydrogens (tertiary/aromatic N) is 1. The van der Waals surface area contributed by atoms with E-state index in [0.717, 1.165) is 5.56 Å². The third-order valence-corrected chi connectivity index (χ3v) is 3.55. The summed E-state index contributed by atoms with van der Waals surface area (Å²) in [6, 6.07) is 10.6. The lowest BCUT2D eigenvalue weighted by atomic mass is 10.2. The molecule has 0 aliphatic rings. The number of rotatable bonds is 6. The van der Waals surface area contributed by atoms with E-state index in [1.54, 1.807) is 23.1 Å². The molecule has 0 atom stereocenters. The highest BCUT2D eigenvalue weighted by atomic mass is 35.5. The number of carbonyl (C=O) groups is 2. The van der Waals surface area contributed by atoms with Crippen LogP contribution >= 0.6 is 11.6 Å². The number of hydrogen-bond donors (Lipinski definition) is 1. The fraction of sp³-hybridized carbons (Fsp3) is 0.250. The second-order valence-electron chi connectivity index (χ2n) is 4.77. The summed E-state index contributed by atoms with van der Waals surface area (Å²) in [5.41, 5.74) is 0.872. The molecule has 0 saturated carbocycles. The normalized spacial score (nSPS) is 10.3. The van der Waals surface area contributed by atoms with Gasteiger partial charge in [-0.3, -0.25) is 9.59 Å². The molecule has 116 valence electrons. The maximum atomic E-state index is 11.7. The molecule has 1 N–H and O–H groups in total. The van der Waals surface area contributed by atoms with Crippen molar-refractivity contribution in [3.63, 3.8) is 0 Å². The molecule has 0 radical (unpaired) electrons. The van der Waals surface area contributed by atoms with Crippen molar-refractivity contribution in [3.05, 3.63) is 59.0 Å². The second kappa shape index (κ2) is 7.66. The van der Waals surface area contributed by atoms with Gasteiger partial charge in [0, 0.05) is 31.6 Å². The van der Waals surface area contributed by atoms with Crippen LogP contribution in [0.5, 0.6) is 0 Å². The largest absolute Gasteiger partial charge is 0.459 e. The van der Waals surface area contributed by atoms with E-state index in [0.29, 0.717) is 24.7 Å². The van der Waals surface area contributed by atoms with Crippen LogP contribution in [0.25, 0.3) is 0 Å². The lowest BCUT2D eigenvalue weighted by molar-refractivity contribution is -0.129. The van der Waals surface area contributed by atoms with Crippen LogP contribution < -0.4 is 5.32 Å². The first-order valence-electron chi connectivity index (χ1n) is 6.88. The van der Waals surface area contributed by atoms with Gasteiger partial charge in [-0.15, -0.1) is 0 Å². The number of halogens is 1. The summed E-state index contributed by atoms with van der Waals surface area (Å²) in [5, 5.41) is 3.33. The standard InChI is InChI=1S/C16H17ClN2O3/c1-12(20)19(11-13-5-2-3-6-14(13)17)9-8-18-16(21)15-7-4-10-22-15/h2-7,10H,8-9,11H2,1H3,(H,18,21). The van der Waals surface area contributed by atoms with Crippen molar-refractivity contribution >= 4 is 23.4 Å². The Bertz CT molecular complexity index is 641. The van der Waals surface area contributed by atoms with Crippen LogP contribution in [0.1, 0.15) is 23.0 Å². The van der Waals surface area contributed by atoms with Gasteiger partial charge in [-0.05, 0) is 23.8 Å². The van der Waals surface area contributed by atoms with Gasteiger partial charge in [0.25, 0.3) is 5.91 Å². The van der Waals surface area contributed by atoms with Gasteiger partial charge in [0.2, 0.25) is 5.91 Å². The van der Waals surface area contributed by atoms with E-state index in [1.165, 1.54) is 13.2 Å². The Balaban J connectivity index is 1.88. The molecule has 22 heavy (non-hydrogen) atoms. The minimum Gasteiger partial charge on any atom is -0.459 e. The molecule has 2 rings (SSSR count). The van der Waals surface area contributed by atoms with Gasteiger partial charge in [-0.2, -0.15) is 0 Å². The van der Waals surface area contributed by atoms with Crippen LogP contribution in [0.2, 0.25) is 5.02 Å². The van der Waals surface area contributed by atoms with Gasteiger partial charge in [0.15, 0.2) is 5.76 Å². The van der Waals surface area contributed by atoms with Gasteiger partial charge in [-0.25, -0.2) is 0 Å². The summed E-state index contributed by atoms with van der Waals surface area (Å²) in [5.74, 6) is -0.126. The first-order chi connectivity index (χ1) is 10.6. The summed E-state index contributed by atoms with van der Waals surface area (Å²) in [4.78, 5) is 25.1. The predicted octanol–water partition coefficient (Wildman–Crippen LogP) is 2.71. The van der Waals surface area contributed by atoms with E-state index in [1.807, 2.05) is 18.2 Å². The van der Waals surface area contributed by atoms with Crippen molar-refractivity contribution in [3.8, 4) is 0 Å². The highest BCUT2D eigenvalue weighted by Crippen LogP contribution is 2.16. The number of benzene rings is 1. The number of amides is 2. The molecule has 0 aliphatic heterocycles. The molecule has 0 unspecified atom stereocenters. The summed E-state index contributed by atoms with van der Waals surface area (Å²) < 4.78 is 5.00. The molecule has 1 aromatic carbocycles. The van der Waals surface area contributed by atoms with Gasteiger partial charge in [-0.1, -0.05) is 29.8 Å². The first kappa shape index (κ1) is 16.1. The zero-order chi connectivity index (χ0) is 15.9. The summed E-state index contributed by atoms with van der Waals surface area (Å²) >= 11 is 6.10. The van der Waals surface area contributed by atoms with Crippen LogP contribution in [0, 0.1) is 0 Å². The third-order valence-electron chi connectivity index (χ3n) is 3.18. The van der Waals surface area contributed by atoms with E-state index in [2.05, 4.69) is 5.32 Å². The molecule has 0 bridgehead atoms. The van der Waals surface area contributed by atoms with Crippen LogP contribution in [0.15, 0.2) is 47.1 Å². The Morgan fingerprint density at radius 2 is 2.00 bits per heavy atom. The molecule has 1 aromatic heterocycles. The average molecular weight is 321 g/mol. The van der Waals surface area contributed by atoms with E-state index >= 15 is 0 Å². The van der Waals surface area contributed by atoms with E-state index in [-0.39, 0.29) is 17.6 Å². The molecule has 2 aromatic rings. The number of nitrogens with one attached hydrogen (secondary N) is 1. The summed E-state index contributed by atoms with van der Waals surface area (Å²) in [6.45, 7) is 2.63. The highest BCUT2D eigenvalue weighted by molar-refractivity contribution is 6.31. The van der Waals surface area contributed by atoms with Gasteiger partial charge in [0.1, 0.15) is 0 Å². The van der Waals surface area contributed by atoms with Crippen LogP contribution in [0.3, 0.4) is 0 Å². The number of carbonyl (C=O) groups excluding carboxylic acids is 2. The molecular weight excluding hydrogens is 304 g/mol. The minimum atomic E-state index is -0.300. The maximum Gasteiger partial charge on any atom is 0.287 e. The third kappa shape index (κ3) is 4.36. The van der Waals surface area contributed by atoms with Crippen molar-refractivity contribution < 1.29 is 14.0 Å². The average Bonchev–Trinajstić information content (AvgIpc) is 3.02. The molecule has 0 saturated heterocycles. The molecule has 2 amide bonds. The Hall–Kier alpha value is -2.27. The molecule has 0 spiro atoms. The molecule has 0 fully saturated rings. The van der Waals surface area contributed by atoms with Crippen molar-refractivity contribution in [2.24, 2.45) is 0 Å². The monoisotopic (exact) mass is 320 g/mol. The van der Waals surface area contributed by atoms with Crippen LogP contribution in [-0.4, -0.2) is 29.8 Å². The van der Waals surface area contributed by atoms with Gasteiger partial charge >= 0.3 is 0 Å². The van der Waals surface area contributed by atoms with Crippen LogP contribution in [0.4, 0.5) is 0 Å². The molecular formula is C16H17ClN2O3. The maximum absolute atomic E-state index is 11.7. The zero-order valence-corrected chi connectivity index (χ0v) is 13.0. The SMILES string of the molecule is CC(=O)N(CCNC(=O)c1ccco1)Cc1ccccc1Cl. The topological polar surface area (TPSA) is 62.6 Å². The number of hydrogen-bond acceptors (Lipinski definition) is 3. The fourth-order valence-corrected chi connectivity index (χ4v) is 2.17. The van der Waals surface area contributed by atoms with E-state index in [9.17, 15) is 9.59 Å². The highest BCUT2D eigenvalue weighted by Gasteiger charge is 2.13. The van der Waals surface area contributed by atoms with Gasteiger partial charge in [0.05, 0.1) is 6.26 Å². The Kier molecular flexibility index (Phi) is 5.61. The summed E-state index contributed by atoms with van der Waals surface area (Å²) in [6.07, 6.45) is 1.44. The Morgan fingerprint density at radius 3 is 2.64 bits per heavy atom. The summed E-state index contributed by atoms with van der Waals surface area (Å²) in [7, 11) is 0. The number of furan rings is 1. The molecule has 0 aliphatic carbocycles. The van der Waals surface area contributed by atoms with E-state index in [4.69, 9.17) is 16.0 Å². The van der Waals surface area contributed by atoms with Gasteiger partial charge < -0.3 is 14.6 Å². The lowest BCUT2D eigenvalue weighted by Crippen LogP contribution is -2.37. The van der Waals surface area contributed by atoms with Crippen molar-refractivity contribution in [1.29, 1.82) is 0 Å². The predicted molar refractivity (Wildman–Crippen MR) is 83.6 cm³/mol. The zero-order valence-electron chi connectivity index (χ0n) is 12.2. The quantitative estimate of drug-likeness (QED) is 0.890. The fourth-order valence-electron chi connectivity index (χ4n) is 1.98. The molecule has 6 heteroatoms. The Morgan fingerprint density at radius 1 is 1.23 bits per heavy atom. The Labute approximate surface area is 133 Å². The first-order valence-corrected chi connectivity index (χ1v) is 7.26. The minimum absolute atomic E-state index is 0.0767.